The van der Waals surface area contributed by atoms with Crippen molar-refractivity contribution in [1.29, 1.82) is 5.26 Å². The molecule has 0 bridgehead atoms. The van der Waals surface area contributed by atoms with E-state index in [1.165, 1.54) is 18.9 Å². The summed E-state index contributed by atoms with van der Waals surface area (Å²) in [4.78, 5) is 24.0. The van der Waals surface area contributed by atoms with Crippen molar-refractivity contribution in [3.63, 3.8) is 0 Å². The van der Waals surface area contributed by atoms with Crippen LogP contribution in [0, 0.1) is 11.3 Å². The van der Waals surface area contributed by atoms with Crippen molar-refractivity contribution < 1.29 is 14.3 Å². The van der Waals surface area contributed by atoms with E-state index in [9.17, 15) is 9.59 Å². The highest BCUT2D eigenvalue weighted by molar-refractivity contribution is 5.90. The topological polar surface area (TPSA) is 79.2 Å². The second-order valence-corrected chi connectivity index (χ2v) is 6.34. The molecule has 1 aliphatic carbocycles. The van der Waals surface area contributed by atoms with Crippen LogP contribution in [-0.2, 0) is 14.3 Å². The molecule has 0 heterocycles. The Balaban J connectivity index is 1.80. The largest absolute Gasteiger partial charge is 0.449 e. The number of carbonyl (C=O) groups is 2. The molecule has 25 heavy (non-hydrogen) atoms. The van der Waals surface area contributed by atoms with Crippen LogP contribution in [-0.4, -0.2) is 24.0 Å². The normalized spacial score (nSPS) is 16.6. The second kappa shape index (κ2) is 9.63. The lowest BCUT2D eigenvalue weighted by Crippen LogP contribution is -2.41. The quantitative estimate of drug-likeness (QED) is 0.506. The molecule has 1 aromatic rings. The van der Waals surface area contributed by atoms with Crippen molar-refractivity contribution in [3.8, 4) is 6.07 Å². The van der Waals surface area contributed by atoms with Gasteiger partial charge in [-0.2, -0.15) is 5.26 Å². The third-order valence-corrected chi connectivity index (χ3v) is 4.32. The molecule has 0 aliphatic heterocycles. The third kappa shape index (κ3) is 6.42. The Hall–Kier alpha value is -2.61. The van der Waals surface area contributed by atoms with Gasteiger partial charge in [0, 0.05) is 12.1 Å². The molecule has 0 unspecified atom stereocenters. The number of hydrogen-bond donors (Lipinski definition) is 1. The number of ether oxygens (including phenoxy) is 1. The van der Waals surface area contributed by atoms with Crippen molar-refractivity contribution in [2.45, 2.75) is 57.6 Å². The van der Waals surface area contributed by atoms with E-state index in [2.05, 4.69) is 5.32 Å². The molecule has 5 heteroatoms. The van der Waals surface area contributed by atoms with Gasteiger partial charge in [0.05, 0.1) is 11.6 Å². The summed E-state index contributed by atoms with van der Waals surface area (Å²) in [7, 11) is 0. The molecule has 1 fully saturated rings. The van der Waals surface area contributed by atoms with E-state index in [-0.39, 0.29) is 11.9 Å². The fourth-order valence-corrected chi connectivity index (χ4v) is 2.84. The van der Waals surface area contributed by atoms with Crippen LogP contribution >= 0.6 is 0 Å². The molecule has 1 aromatic carbocycles. The molecule has 0 saturated heterocycles. The molecule has 1 amide bonds. The summed E-state index contributed by atoms with van der Waals surface area (Å²) >= 11 is 0. The van der Waals surface area contributed by atoms with Crippen LogP contribution < -0.4 is 5.32 Å². The molecule has 1 atom stereocenters. The highest BCUT2D eigenvalue weighted by Crippen LogP contribution is 2.17. The molecule has 132 valence electrons. The Labute approximate surface area is 148 Å². The Kier molecular flexibility index (Phi) is 7.21. The zero-order valence-electron chi connectivity index (χ0n) is 14.5. The van der Waals surface area contributed by atoms with Gasteiger partial charge in [0.1, 0.15) is 0 Å². The average molecular weight is 340 g/mol. The van der Waals surface area contributed by atoms with Gasteiger partial charge in [-0.05, 0) is 43.5 Å². The van der Waals surface area contributed by atoms with E-state index >= 15 is 0 Å². The summed E-state index contributed by atoms with van der Waals surface area (Å²) < 4.78 is 5.16. The van der Waals surface area contributed by atoms with Crippen molar-refractivity contribution in [1.82, 2.24) is 5.32 Å². The van der Waals surface area contributed by atoms with Gasteiger partial charge in [0.25, 0.3) is 5.91 Å². The van der Waals surface area contributed by atoms with E-state index in [4.69, 9.17) is 10.00 Å². The molecular formula is C20H24N2O3. The zero-order valence-corrected chi connectivity index (χ0v) is 14.5. The van der Waals surface area contributed by atoms with E-state index in [0.29, 0.717) is 5.56 Å². The lowest BCUT2D eigenvalue weighted by molar-refractivity contribution is -0.150. The number of rotatable bonds is 5. The maximum atomic E-state index is 12.2. The first kappa shape index (κ1) is 18.7. The SMILES string of the molecule is C[C@H](OC(=O)/C=C/c1ccc(C#N)cc1)C(=O)NC1CCCCCC1. The molecular weight excluding hydrogens is 316 g/mol. The second-order valence-electron chi connectivity index (χ2n) is 6.34. The molecule has 1 saturated carbocycles. The summed E-state index contributed by atoms with van der Waals surface area (Å²) in [6.45, 7) is 1.58. The van der Waals surface area contributed by atoms with Gasteiger partial charge < -0.3 is 10.1 Å². The van der Waals surface area contributed by atoms with Crippen LogP contribution in [0.5, 0.6) is 0 Å². The average Bonchev–Trinajstić information content (AvgIpc) is 2.89. The summed E-state index contributed by atoms with van der Waals surface area (Å²) in [5, 5.41) is 11.7. The highest BCUT2D eigenvalue weighted by Gasteiger charge is 2.21. The number of nitriles is 1. The van der Waals surface area contributed by atoms with Crippen molar-refractivity contribution in [3.05, 3.63) is 41.5 Å². The number of esters is 1. The first-order chi connectivity index (χ1) is 12.1. The predicted octanol–water partition coefficient (Wildman–Crippen LogP) is 3.34. The van der Waals surface area contributed by atoms with Gasteiger partial charge in [-0.3, -0.25) is 4.79 Å². The zero-order chi connectivity index (χ0) is 18.1. The molecule has 1 aliphatic rings. The van der Waals surface area contributed by atoms with Crippen LogP contribution in [0.3, 0.4) is 0 Å². The molecule has 0 aromatic heterocycles. The van der Waals surface area contributed by atoms with Crippen molar-refractivity contribution >= 4 is 18.0 Å². The van der Waals surface area contributed by atoms with Gasteiger partial charge in [0.15, 0.2) is 6.10 Å². The minimum atomic E-state index is -0.818. The van der Waals surface area contributed by atoms with Crippen LogP contribution in [0.25, 0.3) is 6.08 Å². The van der Waals surface area contributed by atoms with Crippen molar-refractivity contribution in [2.75, 3.05) is 0 Å². The summed E-state index contributed by atoms with van der Waals surface area (Å²) in [5.41, 5.74) is 1.34. The summed E-state index contributed by atoms with van der Waals surface area (Å²) in [6.07, 6.45) is 8.75. The van der Waals surface area contributed by atoms with Crippen LogP contribution in [0.2, 0.25) is 0 Å². The first-order valence-corrected chi connectivity index (χ1v) is 8.77. The molecule has 2 rings (SSSR count). The number of carbonyl (C=O) groups excluding carboxylic acids is 2. The molecule has 1 N–H and O–H groups in total. The number of benzene rings is 1. The fraction of sp³-hybridized carbons (Fsp3) is 0.450. The van der Waals surface area contributed by atoms with Gasteiger partial charge in [-0.1, -0.05) is 37.8 Å². The van der Waals surface area contributed by atoms with E-state index < -0.39 is 12.1 Å². The maximum Gasteiger partial charge on any atom is 0.331 e. The van der Waals surface area contributed by atoms with Gasteiger partial charge in [-0.15, -0.1) is 0 Å². The van der Waals surface area contributed by atoms with E-state index in [1.54, 1.807) is 37.3 Å². The fourth-order valence-electron chi connectivity index (χ4n) is 2.84. The Morgan fingerprint density at radius 3 is 2.44 bits per heavy atom. The van der Waals surface area contributed by atoms with Gasteiger partial charge >= 0.3 is 5.97 Å². The predicted molar refractivity (Wildman–Crippen MR) is 95.4 cm³/mol. The van der Waals surface area contributed by atoms with Crippen molar-refractivity contribution in [2.24, 2.45) is 0 Å². The van der Waals surface area contributed by atoms with E-state index in [1.807, 2.05) is 6.07 Å². The number of hydrogen-bond acceptors (Lipinski definition) is 4. The molecule has 5 nitrogen and oxygen atoms in total. The Morgan fingerprint density at radius 1 is 1.20 bits per heavy atom. The minimum Gasteiger partial charge on any atom is -0.449 e. The minimum absolute atomic E-state index is 0.186. The lowest BCUT2D eigenvalue weighted by atomic mass is 10.1. The first-order valence-electron chi connectivity index (χ1n) is 8.77. The molecule has 0 radical (unpaired) electrons. The van der Waals surface area contributed by atoms with Crippen LogP contribution in [0.15, 0.2) is 30.3 Å². The Morgan fingerprint density at radius 2 is 1.84 bits per heavy atom. The number of nitrogens with zero attached hydrogens (tertiary/aromatic N) is 1. The highest BCUT2D eigenvalue weighted by atomic mass is 16.5. The molecule has 0 spiro atoms. The Bertz CT molecular complexity index is 651. The monoisotopic (exact) mass is 340 g/mol. The summed E-state index contributed by atoms with van der Waals surface area (Å²) in [5.74, 6) is -0.806. The van der Waals surface area contributed by atoms with Gasteiger partial charge in [-0.25, -0.2) is 4.79 Å². The number of amides is 1. The third-order valence-electron chi connectivity index (χ3n) is 4.32. The standard InChI is InChI=1S/C20H24N2O3/c1-15(20(24)22-18-6-4-2-3-5-7-18)25-19(23)13-12-16-8-10-17(14-21)11-9-16/h8-13,15,18H,2-7H2,1H3,(H,22,24)/b13-12+/t15-/m0/s1. The lowest BCUT2D eigenvalue weighted by Gasteiger charge is -2.19. The van der Waals surface area contributed by atoms with E-state index in [0.717, 1.165) is 31.2 Å². The smallest absolute Gasteiger partial charge is 0.331 e. The summed E-state index contributed by atoms with van der Waals surface area (Å²) in [6, 6.07) is 9.05. The maximum absolute atomic E-state index is 12.2. The van der Waals surface area contributed by atoms with Crippen LogP contribution in [0.4, 0.5) is 0 Å². The van der Waals surface area contributed by atoms with Crippen LogP contribution in [0.1, 0.15) is 56.6 Å². The number of nitrogens with one attached hydrogen (secondary N) is 1. The van der Waals surface area contributed by atoms with Gasteiger partial charge in [0.2, 0.25) is 0 Å².